The molecule has 0 radical (unpaired) electrons. The maximum atomic E-state index is 12.8. The first-order chi connectivity index (χ1) is 16.9. The second kappa shape index (κ2) is 11.3. The zero-order valence-electron chi connectivity index (χ0n) is 19.9. The predicted octanol–water partition coefficient (Wildman–Crippen LogP) is 3.21. The largest absolute Gasteiger partial charge is 0.396 e. The van der Waals surface area contributed by atoms with Crippen LogP contribution in [0.4, 0.5) is 11.4 Å². The maximum absolute atomic E-state index is 12.8. The van der Waals surface area contributed by atoms with Crippen LogP contribution in [0.5, 0.6) is 0 Å². The van der Waals surface area contributed by atoms with Gasteiger partial charge in [0, 0.05) is 54.3 Å². The lowest BCUT2D eigenvalue weighted by Crippen LogP contribution is -2.29. The normalized spacial score (nSPS) is 15.5. The molecule has 2 atom stereocenters. The first kappa shape index (κ1) is 24.6. The Balaban J connectivity index is 1.49. The molecule has 2 aromatic heterocycles. The van der Waals surface area contributed by atoms with Crippen molar-refractivity contribution in [3.63, 3.8) is 0 Å². The SMILES string of the molecule is CC(O)[C@@H](CO)Cc1cccc(-c2c[nH]c(=O)c(NC(=O)c3ccc(N4CCCCC4)cc3)c2)n1. The van der Waals surface area contributed by atoms with Gasteiger partial charge in [0.1, 0.15) is 5.69 Å². The van der Waals surface area contributed by atoms with Crippen LogP contribution in [0.1, 0.15) is 42.2 Å². The number of aliphatic hydroxyl groups excluding tert-OH is 2. The summed E-state index contributed by atoms with van der Waals surface area (Å²) in [4.78, 5) is 34.8. The number of anilines is 2. The third-order valence-corrected chi connectivity index (χ3v) is 6.49. The Morgan fingerprint density at radius 1 is 1.14 bits per heavy atom. The lowest BCUT2D eigenvalue weighted by Gasteiger charge is -2.28. The lowest BCUT2D eigenvalue weighted by atomic mass is 9.98. The summed E-state index contributed by atoms with van der Waals surface area (Å²) in [5.74, 6) is -0.674. The molecule has 4 rings (SSSR count). The molecule has 1 aliphatic heterocycles. The molecule has 184 valence electrons. The fourth-order valence-electron chi connectivity index (χ4n) is 4.31. The number of carbonyl (C=O) groups excluding carboxylic acids is 1. The van der Waals surface area contributed by atoms with Gasteiger partial charge in [-0.3, -0.25) is 14.6 Å². The number of H-pyrrole nitrogens is 1. The Kier molecular flexibility index (Phi) is 7.94. The molecule has 35 heavy (non-hydrogen) atoms. The van der Waals surface area contributed by atoms with Crippen molar-refractivity contribution in [1.29, 1.82) is 0 Å². The molecule has 1 amide bonds. The summed E-state index contributed by atoms with van der Waals surface area (Å²) in [6.07, 6.45) is 4.94. The standard InChI is InChI=1S/C27H32N4O4/c1-18(33)21(17-32)14-22-6-5-7-24(29-22)20-15-25(27(35)28-16-20)30-26(34)19-8-10-23(11-9-19)31-12-3-2-4-13-31/h5-11,15-16,18,21,32-33H,2-4,12-14,17H2,1H3,(H,28,35)(H,30,34)/t18?,21-/m1/s1. The van der Waals surface area contributed by atoms with E-state index in [-0.39, 0.29) is 24.1 Å². The molecule has 0 aliphatic carbocycles. The number of pyridine rings is 2. The van der Waals surface area contributed by atoms with E-state index in [1.165, 1.54) is 19.3 Å². The third kappa shape index (κ3) is 6.15. The van der Waals surface area contributed by atoms with Gasteiger partial charge in [0.25, 0.3) is 11.5 Å². The highest BCUT2D eigenvalue weighted by Crippen LogP contribution is 2.22. The lowest BCUT2D eigenvalue weighted by molar-refractivity contribution is 0.0804. The molecule has 4 N–H and O–H groups in total. The summed E-state index contributed by atoms with van der Waals surface area (Å²) >= 11 is 0. The molecule has 1 fully saturated rings. The van der Waals surface area contributed by atoms with Crippen molar-refractivity contribution in [2.45, 2.75) is 38.7 Å². The second-order valence-corrected chi connectivity index (χ2v) is 9.08. The summed E-state index contributed by atoms with van der Waals surface area (Å²) in [5.41, 5.74) is 3.28. The van der Waals surface area contributed by atoms with E-state index in [4.69, 9.17) is 0 Å². The minimum absolute atomic E-state index is 0.136. The number of hydrogen-bond acceptors (Lipinski definition) is 6. The highest BCUT2D eigenvalue weighted by molar-refractivity contribution is 6.04. The molecule has 3 aromatic rings. The average molecular weight is 477 g/mol. The van der Waals surface area contributed by atoms with Crippen molar-refractivity contribution in [2.75, 3.05) is 29.9 Å². The molecular formula is C27H32N4O4. The zero-order valence-corrected chi connectivity index (χ0v) is 19.9. The van der Waals surface area contributed by atoms with Crippen molar-refractivity contribution in [1.82, 2.24) is 9.97 Å². The van der Waals surface area contributed by atoms with E-state index in [0.717, 1.165) is 18.8 Å². The number of amides is 1. The van der Waals surface area contributed by atoms with Gasteiger partial charge in [0.2, 0.25) is 0 Å². The molecule has 1 saturated heterocycles. The van der Waals surface area contributed by atoms with Crippen LogP contribution < -0.4 is 15.8 Å². The van der Waals surface area contributed by atoms with E-state index in [2.05, 4.69) is 20.2 Å². The fraction of sp³-hybridized carbons (Fsp3) is 0.370. The molecule has 8 heteroatoms. The topological polar surface area (TPSA) is 119 Å². The van der Waals surface area contributed by atoms with E-state index in [0.29, 0.717) is 28.9 Å². The number of piperidine rings is 1. The van der Waals surface area contributed by atoms with Gasteiger partial charge in [-0.1, -0.05) is 6.07 Å². The molecule has 1 unspecified atom stereocenters. The number of hydrogen-bond donors (Lipinski definition) is 4. The van der Waals surface area contributed by atoms with Gasteiger partial charge in [0.05, 0.1) is 11.8 Å². The van der Waals surface area contributed by atoms with E-state index in [1.54, 1.807) is 37.4 Å². The first-order valence-corrected chi connectivity index (χ1v) is 12.1. The Labute approximate surface area is 204 Å². The highest BCUT2D eigenvalue weighted by Gasteiger charge is 2.17. The summed E-state index contributed by atoms with van der Waals surface area (Å²) in [5, 5.41) is 22.0. The van der Waals surface area contributed by atoms with E-state index >= 15 is 0 Å². The highest BCUT2D eigenvalue weighted by atomic mass is 16.3. The van der Waals surface area contributed by atoms with Gasteiger partial charge in [-0.15, -0.1) is 0 Å². The molecular weight excluding hydrogens is 444 g/mol. The van der Waals surface area contributed by atoms with Gasteiger partial charge in [-0.25, -0.2) is 0 Å². The van der Waals surface area contributed by atoms with E-state index in [9.17, 15) is 19.8 Å². The quantitative estimate of drug-likeness (QED) is 0.397. The number of aromatic nitrogens is 2. The Morgan fingerprint density at radius 3 is 2.57 bits per heavy atom. The molecule has 1 aromatic carbocycles. The molecule has 3 heterocycles. The Bertz CT molecular complexity index is 1200. The van der Waals surface area contributed by atoms with Crippen molar-refractivity contribution in [3.8, 4) is 11.3 Å². The number of nitrogens with zero attached hydrogens (tertiary/aromatic N) is 2. The van der Waals surface area contributed by atoms with Crippen molar-refractivity contribution in [2.24, 2.45) is 5.92 Å². The van der Waals surface area contributed by atoms with Gasteiger partial charge >= 0.3 is 0 Å². The van der Waals surface area contributed by atoms with Crippen LogP contribution in [0.25, 0.3) is 11.3 Å². The smallest absolute Gasteiger partial charge is 0.271 e. The number of benzene rings is 1. The van der Waals surface area contributed by atoms with Crippen LogP contribution in [0.3, 0.4) is 0 Å². The maximum Gasteiger partial charge on any atom is 0.271 e. The summed E-state index contributed by atoms with van der Waals surface area (Å²) in [6, 6.07) is 14.5. The van der Waals surface area contributed by atoms with Gasteiger partial charge < -0.3 is 25.4 Å². The Hall–Kier alpha value is -3.49. The van der Waals surface area contributed by atoms with Crippen LogP contribution in [-0.2, 0) is 6.42 Å². The summed E-state index contributed by atoms with van der Waals surface area (Å²) in [7, 11) is 0. The average Bonchev–Trinajstić information content (AvgIpc) is 2.89. The van der Waals surface area contributed by atoms with Gasteiger partial charge in [-0.2, -0.15) is 0 Å². The van der Waals surface area contributed by atoms with Crippen molar-refractivity contribution >= 4 is 17.3 Å². The first-order valence-electron chi connectivity index (χ1n) is 12.1. The summed E-state index contributed by atoms with van der Waals surface area (Å²) < 4.78 is 0. The van der Waals surface area contributed by atoms with Crippen molar-refractivity contribution in [3.05, 3.63) is 76.3 Å². The number of rotatable bonds is 8. The number of nitrogens with one attached hydrogen (secondary N) is 2. The van der Waals surface area contributed by atoms with Crippen LogP contribution in [0, 0.1) is 5.92 Å². The molecule has 0 spiro atoms. The van der Waals surface area contributed by atoms with Crippen LogP contribution in [0.2, 0.25) is 0 Å². The van der Waals surface area contributed by atoms with Crippen molar-refractivity contribution < 1.29 is 15.0 Å². The second-order valence-electron chi connectivity index (χ2n) is 9.08. The predicted molar refractivity (Wildman–Crippen MR) is 137 cm³/mol. The van der Waals surface area contributed by atoms with E-state index < -0.39 is 11.7 Å². The van der Waals surface area contributed by atoms with Crippen LogP contribution >= 0.6 is 0 Å². The monoisotopic (exact) mass is 476 g/mol. The third-order valence-electron chi connectivity index (χ3n) is 6.49. The van der Waals surface area contributed by atoms with Crippen LogP contribution in [0.15, 0.2) is 59.5 Å². The molecule has 0 bridgehead atoms. The van der Waals surface area contributed by atoms with Gasteiger partial charge in [-0.05, 0) is 75.1 Å². The Morgan fingerprint density at radius 2 is 1.89 bits per heavy atom. The number of aliphatic hydroxyl groups is 2. The van der Waals surface area contributed by atoms with Gasteiger partial charge in [0.15, 0.2) is 0 Å². The minimum Gasteiger partial charge on any atom is -0.396 e. The molecule has 0 saturated carbocycles. The number of aromatic amines is 1. The number of carbonyl (C=O) groups is 1. The minimum atomic E-state index is -0.658. The van der Waals surface area contributed by atoms with E-state index in [1.807, 2.05) is 24.3 Å². The summed E-state index contributed by atoms with van der Waals surface area (Å²) in [6.45, 7) is 3.56. The fourth-order valence-corrected chi connectivity index (χ4v) is 4.31. The zero-order chi connectivity index (χ0) is 24.8. The van der Waals surface area contributed by atoms with Crippen LogP contribution in [-0.4, -0.2) is 51.9 Å². The molecule has 8 nitrogen and oxygen atoms in total. The molecule has 1 aliphatic rings.